The zero-order valence-electron chi connectivity index (χ0n) is 13.7. The van der Waals surface area contributed by atoms with E-state index in [0.717, 1.165) is 42.9 Å². The SMILES string of the molecule is CCC(Nc1cc(-c2ccccc2)nc2ncnn12)C1CCCO1. The van der Waals surface area contributed by atoms with Crippen LogP contribution in [-0.4, -0.2) is 38.3 Å². The van der Waals surface area contributed by atoms with Crippen molar-refractivity contribution in [1.82, 2.24) is 19.6 Å². The van der Waals surface area contributed by atoms with Gasteiger partial charge in [0.15, 0.2) is 0 Å². The molecule has 0 amide bonds. The standard InChI is InChI=1S/C18H21N5O/c1-2-14(16-9-6-10-24-16)21-17-11-15(13-7-4-3-5-8-13)22-18-19-12-20-23(17)18/h3-5,7-8,11-12,14,16,21H,2,6,9-10H2,1H3. The van der Waals surface area contributed by atoms with E-state index in [0.29, 0.717) is 5.78 Å². The Bertz CT molecular complexity index is 811. The molecule has 2 unspecified atom stereocenters. The third-order valence-corrected chi connectivity index (χ3v) is 4.51. The normalized spacial score (nSPS) is 18.8. The average molecular weight is 323 g/mol. The number of nitrogens with one attached hydrogen (secondary N) is 1. The summed E-state index contributed by atoms with van der Waals surface area (Å²) in [5, 5.41) is 7.91. The molecule has 24 heavy (non-hydrogen) atoms. The van der Waals surface area contributed by atoms with E-state index in [-0.39, 0.29) is 12.1 Å². The van der Waals surface area contributed by atoms with Gasteiger partial charge in [0, 0.05) is 18.2 Å². The lowest BCUT2D eigenvalue weighted by Gasteiger charge is -2.24. The lowest BCUT2D eigenvalue weighted by Crippen LogP contribution is -2.33. The summed E-state index contributed by atoms with van der Waals surface area (Å²) >= 11 is 0. The van der Waals surface area contributed by atoms with E-state index in [1.807, 2.05) is 24.3 Å². The summed E-state index contributed by atoms with van der Waals surface area (Å²) in [6.07, 6.45) is 5.01. The van der Waals surface area contributed by atoms with Crippen LogP contribution < -0.4 is 5.32 Å². The summed E-state index contributed by atoms with van der Waals surface area (Å²) in [4.78, 5) is 8.88. The minimum Gasteiger partial charge on any atom is -0.376 e. The smallest absolute Gasteiger partial charge is 0.254 e. The summed E-state index contributed by atoms with van der Waals surface area (Å²) in [5.74, 6) is 1.50. The second kappa shape index (κ2) is 6.57. The van der Waals surface area contributed by atoms with Gasteiger partial charge in [-0.2, -0.15) is 14.6 Å². The van der Waals surface area contributed by atoms with Crippen LogP contribution in [0.1, 0.15) is 26.2 Å². The van der Waals surface area contributed by atoms with Gasteiger partial charge < -0.3 is 10.1 Å². The van der Waals surface area contributed by atoms with E-state index in [9.17, 15) is 0 Å². The van der Waals surface area contributed by atoms with Crippen LogP contribution in [0.5, 0.6) is 0 Å². The van der Waals surface area contributed by atoms with Crippen LogP contribution in [-0.2, 0) is 4.74 Å². The number of nitrogens with zero attached hydrogens (tertiary/aromatic N) is 4. The van der Waals surface area contributed by atoms with Crippen LogP contribution in [0.25, 0.3) is 17.0 Å². The Labute approximate surface area is 140 Å². The van der Waals surface area contributed by atoms with E-state index in [1.54, 1.807) is 4.52 Å². The minimum absolute atomic E-state index is 0.252. The predicted octanol–water partition coefficient (Wildman–Crippen LogP) is 3.16. The van der Waals surface area contributed by atoms with Crippen LogP contribution in [0, 0.1) is 0 Å². The highest BCUT2D eigenvalue weighted by Crippen LogP contribution is 2.25. The van der Waals surface area contributed by atoms with E-state index in [1.165, 1.54) is 6.33 Å². The number of fused-ring (bicyclic) bond motifs is 1. The molecular formula is C18H21N5O. The monoisotopic (exact) mass is 323 g/mol. The van der Waals surface area contributed by atoms with Crippen molar-refractivity contribution < 1.29 is 4.74 Å². The van der Waals surface area contributed by atoms with Gasteiger partial charge >= 0.3 is 0 Å². The maximum Gasteiger partial charge on any atom is 0.254 e. The molecule has 0 spiro atoms. The van der Waals surface area contributed by atoms with E-state index in [4.69, 9.17) is 4.74 Å². The summed E-state index contributed by atoms with van der Waals surface area (Å²) in [7, 11) is 0. The number of hydrogen-bond donors (Lipinski definition) is 1. The molecule has 2 atom stereocenters. The molecule has 1 aliphatic rings. The third kappa shape index (κ3) is 2.85. The number of hydrogen-bond acceptors (Lipinski definition) is 5. The quantitative estimate of drug-likeness (QED) is 0.781. The lowest BCUT2D eigenvalue weighted by atomic mass is 10.1. The van der Waals surface area contributed by atoms with Gasteiger partial charge in [0.2, 0.25) is 0 Å². The molecule has 6 nitrogen and oxygen atoms in total. The van der Waals surface area contributed by atoms with Crippen molar-refractivity contribution in [2.24, 2.45) is 0 Å². The summed E-state index contributed by atoms with van der Waals surface area (Å²) in [6, 6.07) is 12.4. The van der Waals surface area contributed by atoms with Crippen LogP contribution in [0.2, 0.25) is 0 Å². The molecule has 0 saturated carbocycles. The molecule has 6 heteroatoms. The molecule has 1 fully saturated rings. The number of ether oxygens (including phenoxy) is 1. The average Bonchev–Trinajstić information content (AvgIpc) is 3.31. The van der Waals surface area contributed by atoms with Crippen molar-refractivity contribution in [3.8, 4) is 11.3 Å². The molecule has 1 saturated heterocycles. The number of rotatable bonds is 5. The fourth-order valence-electron chi connectivity index (χ4n) is 3.24. The number of aromatic nitrogens is 4. The lowest BCUT2D eigenvalue weighted by molar-refractivity contribution is 0.0942. The molecule has 0 radical (unpaired) electrons. The first-order valence-electron chi connectivity index (χ1n) is 8.49. The molecule has 124 valence electrons. The molecule has 0 bridgehead atoms. The Kier molecular flexibility index (Phi) is 4.13. The Morgan fingerprint density at radius 1 is 1.33 bits per heavy atom. The van der Waals surface area contributed by atoms with Gasteiger partial charge in [0.25, 0.3) is 5.78 Å². The maximum atomic E-state index is 5.86. The van der Waals surface area contributed by atoms with Crippen molar-refractivity contribution in [3.05, 3.63) is 42.7 Å². The maximum absolute atomic E-state index is 5.86. The molecular weight excluding hydrogens is 302 g/mol. The van der Waals surface area contributed by atoms with Gasteiger partial charge in [-0.1, -0.05) is 37.3 Å². The van der Waals surface area contributed by atoms with Crippen LogP contribution in [0.15, 0.2) is 42.7 Å². The van der Waals surface area contributed by atoms with Crippen molar-refractivity contribution >= 4 is 11.6 Å². The van der Waals surface area contributed by atoms with Gasteiger partial charge in [-0.3, -0.25) is 0 Å². The fraction of sp³-hybridized carbons (Fsp3) is 0.389. The molecule has 1 N–H and O–H groups in total. The number of benzene rings is 1. The summed E-state index contributed by atoms with van der Waals surface area (Å²) in [5.41, 5.74) is 1.96. The van der Waals surface area contributed by atoms with Crippen molar-refractivity contribution in [2.45, 2.75) is 38.3 Å². The molecule has 2 aromatic heterocycles. The molecule has 3 aromatic rings. The van der Waals surface area contributed by atoms with Crippen molar-refractivity contribution in [2.75, 3.05) is 11.9 Å². The zero-order chi connectivity index (χ0) is 16.4. The predicted molar refractivity (Wildman–Crippen MR) is 92.9 cm³/mol. The second-order valence-corrected chi connectivity index (χ2v) is 6.08. The highest BCUT2D eigenvalue weighted by Gasteiger charge is 2.25. The van der Waals surface area contributed by atoms with Gasteiger partial charge in [0.1, 0.15) is 12.1 Å². The van der Waals surface area contributed by atoms with Crippen molar-refractivity contribution in [3.63, 3.8) is 0 Å². The van der Waals surface area contributed by atoms with Crippen LogP contribution in [0.4, 0.5) is 5.82 Å². The first kappa shape index (κ1) is 15.1. The molecule has 1 aromatic carbocycles. The Balaban J connectivity index is 1.72. The number of anilines is 1. The first-order valence-corrected chi connectivity index (χ1v) is 8.49. The molecule has 1 aliphatic heterocycles. The fourth-order valence-corrected chi connectivity index (χ4v) is 3.24. The Morgan fingerprint density at radius 3 is 2.96 bits per heavy atom. The highest BCUT2D eigenvalue weighted by molar-refractivity contribution is 5.65. The van der Waals surface area contributed by atoms with E-state index in [2.05, 4.69) is 39.4 Å². The highest BCUT2D eigenvalue weighted by atomic mass is 16.5. The third-order valence-electron chi connectivity index (χ3n) is 4.51. The van der Waals surface area contributed by atoms with Gasteiger partial charge in [0.05, 0.1) is 17.8 Å². The zero-order valence-corrected chi connectivity index (χ0v) is 13.7. The second-order valence-electron chi connectivity index (χ2n) is 6.08. The van der Waals surface area contributed by atoms with Crippen LogP contribution >= 0.6 is 0 Å². The summed E-state index contributed by atoms with van der Waals surface area (Å²) in [6.45, 7) is 3.03. The largest absolute Gasteiger partial charge is 0.376 e. The Hall–Kier alpha value is -2.47. The topological polar surface area (TPSA) is 64.3 Å². The molecule has 3 heterocycles. The van der Waals surface area contributed by atoms with Crippen molar-refractivity contribution in [1.29, 1.82) is 0 Å². The Morgan fingerprint density at radius 2 is 2.21 bits per heavy atom. The summed E-state index contributed by atoms with van der Waals surface area (Å²) < 4.78 is 7.62. The minimum atomic E-state index is 0.252. The van der Waals surface area contributed by atoms with Gasteiger partial charge in [-0.25, -0.2) is 4.98 Å². The first-order chi connectivity index (χ1) is 11.8. The van der Waals surface area contributed by atoms with E-state index < -0.39 is 0 Å². The van der Waals surface area contributed by atoms with Gasteiger partial charge in [-0.05, 0) is 19.3 Å². The van der Waals surface area contributed by atoms with Gasteiger partial charge in [-0.15, -0.1) is 0 Å². The van der Waals surface area contributed by atoms with E-state index >= 15 is 0 Å². The molecule has 0 aliphatic carbocycles. The molecule has 4 rings (SSSR count). The van der Waals surface area contributed by atoms with Crippen LogP contribution in [0.3, 0.4) is 0 Å².